The van der Waals surface area contributed by atoms with Gasteiger partial charge in [0.1, 0.15) is 0 Å². The van der Waals surface area contributed by atoms with E-state index in [4.69, 9.17) is 4.74 Å². The second-order valence-corrected chi connectivity index (χ2v) is 4.48. The van der Waals surface area contributed by atoms with E-state index in [0.29, 0.717) is 17.9 Å². The van der Waals surface area contributed by atoms with E-state index in [2.05, 4.69) is 6.92 Å². The Morgan fingerprint density at radius 1 is 1.10 bits per heavy atom. The zero-order valence-corrected chi connectivity index (χ0v) is 11.4. The molecule has 0 aromatic heterocycles. The monoisotopic (exact) mass is 271 g/mol. The fraction of sp³-hybridized carbons (Fsp3) is 0.250. The van der Waals surface area contributed by atoms with Crippen LogP contribution in [0, 0.1) is 10.1 Å². The SMILES string of the molecule is CCCCOc1cccc(-c2ccccc2)c1[N+](=O)[O-]. The fourth-order valence-electron chi connectivity index (χ4n) is 2.00. The molecule has 0 spiro atoms. The van der Waals surface area contributed by atoms with Crippen LogP contribution in [0.1, 0.15) is 19.8 Å². The Hall–Kier alpha value is -2.36. The van der Waals surface area contributed by atoms with Crippen LogP contribution in [-0.2, 0) is 0 Å². The Balaban J connectivity index is 2.42. The number of nitrogens with zero attached hydrogens (tertiary/aromatic N) is 1. The molecule has 4 heteroatoms. The Bertz CT molecular complexity index is 582. The molecule has 20 heavy (non-hydrogen) atoms. The summed E-state index contributed by atoms with van der Waals surface area (Å²) in [5.74, 6) is 0.338. The van der Waals surface area contributed by atoms with Gasteiger partial charge in [0.05, 0.1) is 17.1 Å². The molecular formula is C16H17NO3. The molecule has 0 saturated heterocycles. The predicted octanol–water partition coefficient (Wildman–Crippen LogP) is 4.44. The second-order valence-electron chi connectivity index (χ2n) is 4.48. The van der Waals surface area contributed by atoms with Crippen molar-refractivity contribution in [2.45, 2.75) is 19.8 Å². The lowest BCUT2D eigenvalue weighted by atomic mass is 10.0. The quantitative estimate of drug-likeness (QED) is 0.443. The van der Waals surface area contributed by atoms with Gasteiger partial charge in [0.15, 0.2) is 5.75 Å². The van der Waals surface area contributed by atoms with Crippen LogP contribution in [-0.4, -0.2) is 11.5 Å². The van der Waals surface area contributed by atoms with Gasteiger partial charge in [-0.15, -0.1) is 0 Å². The van der Waals surface area contributed by atoms with Gasteiger partial charge < -0.3 is 4.74 Å². The van der Waals surface area contributed by atoms with E-state index in [0.717, 1.165) is 18.4 Å². The van der Waals surface area contributed by atoms with Crippen molar-refractivity contribution in [2.75, 3.05) is 6.61 Å². The molecule has 0 atom stereocenters. The first-order chi connectivity index (χ1) is 9.74. The lowest BCUT2D eigenvalue weighted by molar-refractivity contribution is -0.385. The van der Waals surface area contributed by atoms with Crippen LogP contribution in [0.3, 0.4) is 0 Å². The number of rotatable bonds is 6. The lowest BCUT2D eigenvalue weighted by Gasteiger charge is -2.09. The molecule has 0 radical (unpaired) electrons. The Kier molecular flexibility index (Phi) is 4.71. The van der Waals surface area contributed by atoms with Gasteiger partial charge in [0.2, 0.25) is 0 Å². The van der Waals surface area contributed by atoms with Crippen LogP contribution < -0.4 is 4.74 Å². The van der Waals surface area contributed by atoms with Crippen molar-refractivity contribution in [3.05, 3.63) is 58.6 Å². The second kappa shape index (κ2) is 6.70. The van der Waals surface area contributed by atoms with Crippen molar-refractivity contribution in [3.8, 4) is 16.9 Å². The predicted molar refractivity (Wildman–Crippen MR) is 78.9 cm³/mol. The molecule has 0 aliphatic rings. The van der Waals surface area contributed by atoms with Gasteiger partial charge in [-0.25, -0.2) is 0 Å². The maximum Gasteiger partial charge on any atom is 0.318 e. The number of unbranched alkanes of at least 4 members (excludes halogenated alkanes) is 1. The van der Waals surface area contributed by atoms with E-state index in [1.807, 2.05) is 30.3 Å². The topological polar surface area (TPSA) is 52.4 Å². The van der Waals surface area contributed by atoms with Crippen molar-refractivity contribution in [3.63, 3.8) is 0 Å². The molecule has 0 saturated carbocycles. The molecular weight excluding hydrogens is 254 g/mol. The summed E-state index contributed by atoms with van der Waals surface area (Å²) in [5, 5.41) is 11.4. The molecule has 0 amide bonds. The highest BCUT2D eigenvalue weighted by Gasteiger charge is 2.21. The summed E-state index contributed by atoms with van der Waals surface area (Å²) in [4.78, 5) is 11.0. The van der Waals surface area contributed by atoms with Crippen LogP contribution in [0.4, 0.5) is 5.69 Å². The zero-order valence-electron chi connectivity index (χ0n) is 11.4. The van der Waals surface area contributed by atoms with Crippen LogP contribution in [0.15, 0.2) is 48.5 Å². The highest BCUT2D eigenvalue weighted by Crippen LogP contribution is 2.37. The highest BCUT2D eigenvalue weighted by molar-refractivity contribution is 5.77. The average Bonchev–Trinajstić information content (AvgIpc) is 2.48. The Labute approximate surface area is 118 Å². The highest BCUT2D eigenvalue weighted by atomic mass is 16.6. The van der Waals surface area contributed by atoms with Gasteiger partial charge in [-0.2, -0.15) is 0 Å². The number of benzene rings is 2. The van der Waals surface area contributed by atoms with Gasteiger partial charge >= 0.3 is 5.69 Å². The van der Waals surface area contributed by atoms with Gasteiger partial charge in [0, 0.05) is 0 Å². The minimum Gasteiger partial charge on any atom is -0.487 e. The molecule has 0 fully saturated rings. The molecule has 2 aromatic carbocycles. The molecule has 0 aliphatic heterocycles. The smallest absolute Gasteiger partial charge is 0.318 e. The van der Waals surface area contributed by atoms with Gasteiger partial charge in [0.25, 0.3) is 0 Å². The molecule has 0 bridgehead atoms. The normalized spacial score (nSPS) is 10.2. The van der Waals surface area contributed by atoms with Crippen LogP contribution >= 0.6 is 0 Å². The summed E-state index contributed by atoms with van der Waals surface area (Å²) in [6, 6.07) is 14.5. The molecule has 0 unspecified atom stereocenters. The standard InChI is InChI=1S/C16H17NO3/c1-2-3-12-20-15-11-7-10-14(16(15)17(18)19)13-8-5-4-6-9-13/h4-11H,2-3,12H2,1H3. The minimum atomic E-state index is -0.371. The number of nitro benzene ring substituents is 1. The van der Waals surface area contributed by atoms with Crippen molar-refractivity contribution in [1.82, 2.24) is 0 Å². The van der Waals surface area contributed by atoms with Crippen LogP contribution in [0.25, 0.3) is 11.1 Å². The third-order valence-corrected chi connectivity index (χ3v) is 3.02. The van der Waals surface area contributed by atoms with E-state index in [-0.39, 0.29) is 10.6 Å². The average molecular weight is 271 g/mol. The fourth-order valence-corrected chi connectivity index (χ4v) is 2.00. The maximum atomic E-state index is 11.4. The van der Waals surface area contributed by atoms with E-state index in [1.54, 1.807) is 18.2 Å². The number of para-hydroxylation sites is 1. The van der Waals surface area contributed by atoms with E-state index < -0.39 is 0 Å². The lowest BCUT2D eigenvalue weighted by Crippen LogP contribution is -2.01. The largest absolute Gasteiger partial charge is 0.487 e. The van der Waals surface area contributed by atoms with E-state index >= 15 is 0 Å². The maximum absolute atomic E-state index is 11.4. The first-order valence-corrected chi connectivity index (χ1v) is 6.69. The summed E-state index contributed by atoms with van der Waals surface area (Å²) in [6.07, 6.45) is 1.87. The van der Waals surface area contributed by atoms with E-state index in [1.165, 1.54) is 0 Å². The number of hydrogen-bond donors (Lipinski definition) is 0. The summed E-state index contributed by atoms with van der Waals surface area (Å²) in [6.45, 7) is 2.55. The molecule has 0 heterocycles. The molecule has 0 N–H and O–H groups in total. The van der Waals surface area contributed by atoms with Crippen molar-refractivity contribution < 1.29 is 9.66 Å². The van der Waals surface area contributed by atoms with Crippen molar-refractivity contribution in [1.29, 1.82) is 0 Å². The van der Waals surface area contributed by atoms with Gasteiger partial charge in [-0.05, 0) is 24.1 Å². The Morgan fingerprint density at radius 2 is 1.85 bits per heavy atom. The summed E-state index contributed by atoms with van der Waals surface area (Å²) in [5.41, 5.74) is 1.44. The summed E-state index contributed by atoms with van der Waals surface area (Å²) >= 11 is 0. The number of hydrogen-bond acceptors (Lipinski definition) is 3. The number of ether oxygens (including phenoxy) is 1. The summed E-state index contributed by atoms with van der Waals surface area (Å²) < 4.78 is 5.56. The zero-order chi connectivity index (χ0) is 14.4. The summed E-state index contributed by atoms with van der Waals surface area (Å²) in [7, 11) is 0. The van der Waals surface area contributed by atoms with E-state index in [9.17, 15) is 10.1 Å². The van der Waals surface area contributed by atoms with Gasteiger partial charge in [-0.3, -0.25) is 10.1 Å². The molecule has 2 rings (SSSR count). The van der Waals surface area contributed by atoms with Crippen molar-refractivity contribution in [2.24, 2.45) is 0 Å². The first-order valence-electron chi connectivity index (χ1n) is 6.69. The molecule has 2 aromatic rings. The molecule has 4 nitrogen and oxygen atoms in total. The van der Waals surface area contributed by atoms with Crippen LogP contribution in [0.2, 0.25) is 0 Å². The third kappa shape index (κ3) is 3.15. The molecule has 0 aliphatic carbocycles. The minimum absolute atomic E-state index is 0.0369. The third-order valence-electron chi connectivity index (χ3n) is 3.02. The number of nitro groups is 1. The van der Waals surface area contributed by atoms with Crippen molar-refractivity contribution >= 4 is 5.69 Å². The first kappa shape index (κ1) is 14.1. The Morgan fingerprint density at radius 3 is 2.50 bits per heavy atom. The van der Waals surface area contributed by atoms with Crippen LogP contribution in [0.5, 0.6) is 5.75 Å². The van der Waals surface area contributed by atoms with Gasteiger partial charge in [-0.1, -0.05) is 49.7 Å². The molecule has 104 valence electrons.